The first-order chi connectivity index (χ1) is 11.1. The molecule has 2 aromatic carbocycles. The van der Waals surface area contributed by atoms with E-state index in [2.05, 4.69) is 12.2 Å². The molecule has 0 spiro atoms. The lowest BCUT2D eigenvalue weighted by Gasteiger charge is -2.10. The number of nitrogens with one attached hydrogen (secondary N) is 1. The Hall–Kier alpha value is -2.49. The second-order valence-corrected chi connectivity index (χ2v) is 5.61. The normalized spacial score (nSPS) is 10.3. The second-order valence-electron chi connectivity index (χ2n) is 5.61. The van der Waals surface area contributed by atoms with Gasteiger partial charge in [0.05, 0.1) is 6.61 Å². The van der Waals surface area contributed by atoms with Crippen LogP contribution in [0.25, 0.3) is 0 Å². The molecule has 0 aromatic heterocycles. The minimum atomic E-state index is -0.143. The molecule has 1 amide bonds. The van der Waals surface area contributed by atoms with E-state index < -0.39 is 0 Å². The maximum absolute atomic E-state index is 12.3. The fraction of sp³-hybridized carbons (Fsp3) is 0.316. The summed E-state index contributed by atoms with van der Waals surface area (Å²) >= 11 is 0. The Kier molecular flexibility index (Phi) is 6.03. The van der Waals surface area contributed by atoms with Crippen LogP contribution >= 0.6 is 0 Å². The standard InChI is InChI=1S/C19H24N2O2/c1-3-4-5-12-23-17-9-6-15(7-10-17)19(22)21-18-11-8-16(20)13-14(18)2/h6-11,13H,3-5,12,20H2,1-2H3,(H,21,22). The van der Waals surface area contributed by atoms with Crippen LogP contribution in [0.1, 0.15) is 42.1 Å². The summed E-state index contributed by atoms with van der Waals surface area (Å²) in [7, 11) is 0. The molecule has 0 radical (unpaired) electrons. The van der Waals surface area contributed by atoms with Gasteiger partial charge in [-0.3, -0.25) is 4.79 Å². The highest BCUT2D eigenvalue weighted by Gasteiger charge is 2.08. The number of rotatable bonds is 7. The molecule has 0 fully saturated rings. The number of aryl methyl sites for hydroxylation is 1. The van der Waals surface area contributed by atoms with Gasteiger partial charge in [0, 0.05) is 16.9 Å². The largest absolute Gasteiger partial charge is 0.494 e. The van der Waals surface area contributed by atoms with Crippen molar-refractivity contribution in [1.29, 1.82) is 0 Å². The van der Waals surface area contributed by atoms with Crippen LogP contribution < -0.4 is 15.8 Å². The summed E-state index contributed by atoms with van der Waals surface area (Å²) in [5, 5.41) is 2.90. The molecule has 4 nitrogen and oxygen atoms in total. The molecule has 4 heteroatoms. The van der Waals surface area contributed by atoms with E-state index in [0.29, 0.717) is 17.9 Å². The van der Waals surface area contributed by atoms with Crippen LogP contribution in [0.15, 0.2) is 42.5 Å². The van der Waals surface area contributed by atoms with E-state index in [1.54, 1.807) is 18.2 Å². The number of ether oxygens (including phenoxy) is 1. The zero-order valence-electron chi connectivity index (χ0n) is 13.8. The SMILES string of the molecule is CCCCCOc1ccc(C(=O)Nc2ccc(N)cc2C)cc1. The maximum atomic E-state index is 12.3. The molecule has 0 saturated carbocycles. The Morgan fingerprint density at radius 3 is 2.52 bits per heavy atom. The molecule has 0 bridgehead atoms. The van der Waals surface area contributed by atoms with Crippen molar-refractivity contribution < 1.29 is 9.53 Å². The van der Waals surface area contributed by atoms with Crippen molar-refractivity contribution in [2.75, 3.05) is 17.7 Å². The lowest BCUT2D eigenvalue weighted by molar-refractivity contribution is 0.102. The second kappa shape index (κ2) is 8.22. The third kappa shape index (κ3) is 5.02. The van der Waals surface area contributed by atoms with Gasteiger partial charge in [-0.15, -0.1) is 0 Å². The molecule has 2 aromatic rings. The number of anilines is 2. The number of benzene rings is 2. The van der Waals surface area contributed by atoms with Crippen LogP contribution in [0.2, 0.25) is 0 Å². The average molecular weight is 312 g/mol. The monoisotopic (exact) mass is 312 g/mol. The minimum absolute atomic E-state index is 0.143. The van der Waals surface area contributed by atoms with Gasteiger partial charge in [0.1, 0.15) is 5.75 Å². The van der Waals surface area contributed by atoms with E-state index in [1.165, 1.54) is 12.8 Å². The molecule has 0 aliphatic heterocycles. The summed E-state index contributed by atoms with van der Waals surface area (Å²) in [5.74, 6) is 0.650. The predicted molar refractivity (Wildman–Crippen MR) is 95.0 cm³/mol. The molecule has 0 unspecified atom stereocenters. The molecule has 0 saturated heterocycles. The highest BCUT2D eigenvalue weighted by Crippen LogP contribution is 2.19. The predicted octanol–water partition coefficient (Wildman–Crippen LogP) is 4.40. The van der Waals surface area contributed by atoms with Gasteiger partial charge in [-0.1, -0.05) is 19.8 Å². The van der Waals surface area contributed by atoms with Gasteiger partial charge in [0.15, 0.2) is 0 Å². The molecular formula is C19H24N2O2. The summed E-state index contributed by atoms with van der Waals surface area (Å²) in [4.78, 5) is 12.3. The summed E-state index contributed by atoms with van der Waals surface area (Å²) in [6, 6.07) is 12.6. The van der Waals surface area contributed by atoms with Crippen molar-refractivity contribution in [2.45, 2.75) is 33.1 Å². The number of hydrogen-bond acceptors (Lipinski definition) is 3. The van der Waals surface area contributed by atoms with Crippen molar-refractivity contribution in [3.8, 4) is 5.75 Å². The smallest absolute Gasteiger partial charge is 0.255 e. The van der Waals surface area contributed by atoms with E-state index in [1.807, 2.05) is 31.2 Å². The third-order valence-electron chi connectivity index (χ3n) is 3.63. The van der Waals surface area contributed by atoms with Crippen molar-refractivity contribution in [2.24, 2.45) is 0 Å². The first-order valence-corrected chi connectivity index (χ1v) is 8.00. The fourth-order valence-electron chi connectivity index (χ4n) is 2.27. The maximum Gasteiger partial charge on any atom is 0.255 e. The summed E-state index contributed by atoms with van der Waals surface area (Å²) in [6.07, 6.45) is 3.39. The van der Waals surface area contributed by atoms with Crippen molar-refractivity contribution in [3.63, 3.8) is 0 Å². The Balaban J connectivity index is 1.94. The topological polar surface area (TPSA) is 64.3 Å². The van der Waals surface area contributed by atoms with Crippen molar-refractivity contribution in [1.82, 2.24) is 0 Å². The Morgan fingerprint density at radius 2 is 1.87 bits per heavy atom. The molecular weight excluding hydrogens is 288 g/mol. The van der Waals surface area contributed by atoms with E-state index >= 15 is 0 Å². The molecule has 0 aliphatic rings. The zero-order chi connectivity index (χ0) is 16.7. The Bertz CT molecular complexity index is 651. The fourth-order valence-corrected chi connectivity index (χ4v) is 2.27. The number of carbonyl (C=O) groups is 1. The van der Waals surface area contributed by atoms with E-state index in [4.69, 9.17) is 10.5 Å². The average Bonchev–Trinajstić information content (AvgIpc) is 2.55. The lowest BCUT2D eigenvalue weighted by Crippen LogP contribution is -2.12. The Labute approximate surface area is 137 Å². The van der Waals surface area contributed by atoms with Gasteiger partial charge in [0.2, 0.25) is 0 Å². The minimum Gasteiger partial charge on any atom is -0.494 e. The van der Waals surface area contributed by atoms with Crippen molar-refractivity contribution in [3.05, 3.63) is 53.6 Å². The van der Waals surface area contributed by atoms with Crippen LogP contribution in [0.4, 0.5) is 11.4 Å². The van der Waals surface area contributed by atoms with Gasteiger partial charge in [-0.25, -0.2) is 0 Å². The number of unbranched alkanes of at least 4 members (excludes halogenated alkanes) is 2. The van der Waals surface area contributed by atoms with E-state index in [-0.39, 0.29) is 5.91 Å². The van der Waals surface area contributed by atoms with Crippen LogP contribution in [0.5, 0.6) is 5.75 Å². The summed E-state index contributed by atoms with van der Waals surface area (Å²) in [6.45, 7) is 4.79. The first kappa shape index (κ1) is 16.9. The number of nitrogen functional groups attached to an aromatic ring is 1. The number of carbonyl (C=O) groups excluding carboxylic acids is 1. The van der Waals surface area contributed by atoms with E-state index in [0.717, 1.165) is 23.4 Å². The van der Waals surface area contributed by atoms with Crippen LogP contribution in [-0.4, -0.2) is 12.5 Å². The molecule has 0 aliphatic carbocycles. The number of hydrogen-bond donors (Lipinski definition) is 2. The van der Waals surface area contributed by atoms with Gasteiger partial charge in [-0.2, -0.15) is 0 Å². The highest BCUT2D eigenvalue weighted by atomic mass is 16.5. The van der Waals surface area contributed by atoms with Crippen LogP contribution in [0, 0.1) is 6.92 Å². The molecule has 3 N–H and O–H groups in total. The highest BCUT2D eigenvalue weighted by molar-refractivity contribution is 6.04. The molecule has 122 valence electrons. The summed E-state index contributed by atoms with van der Waals surface area (Å²) < 4.78 is 5.65. The van der Waals surface area contributed by atoms with Crippen molar-refractivity contribution >= 4 is 17.3 Å². The quantitative estimate of drug-likeness (QED) is 0.588. The Morgan fingerprint density at radius 1 is 1.13 bits per heavy atom. The van der Waals surface area contributed by atoms with Gasteiger partial charge in [-0.05, 0) is 61.4 Å². The van der Waals surface area contributed by atoms with Gasteiger partial charge >= 0.3 is 0 Å². The van der Waals surface area contributed by atoms with Crippen LogP contribution in [-0.2, 0) is 0 Å². The van der Waals surface area contributed by atoms with Crippen LogP contribution in [0.3, 0.4) is 0 Å². The molecule has 2 rings (SSSR count). The van der Waals surface area contributed by atoms with Gasteiger partial charge in [0.25, 0.3) is 5.91 Å². The number of nitrogens with two attached hydrogens (primary N) is 1. The van der Waals surface area contributed by atoms with E-state index in [9.17, 15) is 4.79 Å². The first-order valence-electron chi connectivity index (χ1n) is 8.00. The zero-order valence-corrected chi connectivity index (χ0v) is 13.8. The molecule has 0 atom stereocenters. The summed E-state index contributed by atoms with van der Waals surface area (Å²) in [5.41, 5.74) is 8.71. The third-order valence-corrected chi connectivity index (χ3v) is 3.63. The molecule has 0 heterocycles. The molecule has 23 heavy (non-hydrogen) atoms. The van der Waals surface area contributed by atoms with Gasteiger partial charge < -0.3 is 15.8 Å². The lowest BCUT2D eigenvalue weighted by atomic mass is 10.1. The number of amides is 1.